The molecule has 1 unspecified atom stereocenters. The molecule has 0 amide bonds. The van der Waals surface area contributed by atoms with Crippen LogP contribution in [0.1, 0.15) is 34.0 Å². The van der Waals surface area contributed by atoms with Crippen molar-refractivity contribution >= 4 is 49.4 Å². The third kappa shape index (κ3) is 5.75. The first-order chi connectivity index (χ1) is 27.1. The summed E-state index contributed by atoms with van der Waals surface area (Å²) in [6, 6.07) is 71.2. The lowest BCUT2D eigenvalue weighted by Gasteiger charge is -2.30. The van der Waals surface area contributed by atoms with Crippen molar-refractivity contribution in [3.05, 3.63) is 222 Å². The van der Waals surface area contributed by atoms with Crippen LogP contribution in [0.2, 0.25) is 0 Å². The van der Waals surface area contributed by atoms with Crippen molar-refractivity contribution in [2.75, 3.05) is 4.90 Å². The van der Waals surface area contributed by atoms with Crippen LogP contribution in [-0.2, 0) is 0 Å². The summed E-state index contributed by atoms with van der Waals surface area (Å²) in [6.45, 7) is 4.29. The lowest BCUT2D eigenvalue weighted by Crippen LogP contribution is -2.29. The van der Waals surface area contributed by atoms with Crippen molar-refractivity contribution < 1.29 is 0 Å². The Labute approximate surface area is 322 Å². The monoisotopic (exact) mass is 704 g/mol. The number of aryl methyl sites for hydroxylation is 2. The summed E-state index contributed by atoms with van der Waals surface area (Å²) >= 11 is 0. The van der Waals surface area contributed by atoms with Crippen LogP contribution in [-0.4, -0.2) is 0 Å². The minimum atomic E-state index is -0.118. The van der Waals surface area contributed by atoms with E-state index in [-0.39, 0.29) is 6.17 Å². The predicted octanol–water partition coefficient (Wildman–Crippen LogP) is 13.7. The van der Waals surface area contributed by atoms with Crippen LogP contribution in [0.5, 0.6) is 0 Å². The van der Waals surface area contributed by atoms with E-state index in [0.717, 1.165) is 11.4 Å². The largest absolute Gasteiger partial charge is 0.359 e. The fourth-order valence-corrected chi connectivity index (χ4v) is 8.48. The fourth-order valence-electron chi connectivity index (χ4n) is 8.48. The number of nitrogens with one attached hydrogen (secondary N) is 1. The number of hydrogen-bond donors (Lipinski definition) is 1. The van der Waals surface area contributed by atoms with Crippen molar-refractivity contribution in [2.45, 2.75) is 20.0 Å². The maximum absolute atomic E-state index is 4.02. The molecule has 1 heterocycles. The first kappa shape index (κ1) is 32.7. The molecule has 1 N–H and O–H groups in total. The van der Waals surface area contributed by atoms with Crippen molar-refractivity contribution in [3.8, 4) is 22.3 Å². The first-order valence-corrected chi connectivity index (χ1v) is 19.1. The zero-order valence-electron chi connectivity index (χ0n) is 31.0. The van der Waals surface area contributed by atoms with Gasteiger partial charge in [0.2, 0.25) is 0 Å². The molecule has 0 bridgehead atoms. The first-order valence-electron chi connectivity index (χ1n) is 19.1. The molecule has 0 spiro atoms. The van der Waals surface area contributed by atoms with Gasteiger partial charge in [-0.25, -0.2) is 0 Å². The van der Waals surface area contributed by atoms with Gasteiger partial charge in [-0.05, 0) is 97.7 Å². The topological polar surface area (TPSA) is 15.3 Å². The van der Waals surface area contributed by atoms with E-state index in [1.165, 1.54) is 88.1 Å². The van der Waals surface area contributed by atoms with Crippen molar-refractivity contribution in [1.82, 2.24) is 5.32 Å². The van der Waals surface area contributed by atoms with E-state index >= 15 is 0 Å². The summed E-state index contributed by atoms with van der Waals surface area (Å²) in [7, 11) is 0. The van der Waals surface area contributed by atoms with Crippen molar-refractivity contribution in [1.29, 1.82) is 0 Å². The Kier molecular flexibility index (Phi) is 8.03. The van der Waals surface area contributed by atoms with Gasteiger partial charge in [0, 0.05) is 11.3 Å². The normalized spacial score (nSPS) is 14.2. The zero-order chi connectivity index (χ0) is 36.9. The molecule has 9 aromatic rings. The second-order valence-corrected chi connectivity index (χ2v) is 14.7. The molecule has 2 nitrogen and oxygen atoms in total. The average Bonchev–Trinajstić information content (AvgIpc) is 3.64. The van der Waals surface area contributed by atoms with Gasteiger partial charge in [0.25, 0.3) is 0 Å². The van der Waals surface area contributed by atoms with Gasteiger partial charge < -0.3 is 10.2 Å². The highest BCUT2D eigenvalue weighted by Crippen LogP contribution is 2.46. The van der Waals surface area contributed by atoms with Gasteiger partial charge in [-0.3, -0.25) is 0 Å². The molecule has 0 saturated carbocycles. The molecule has 2 heteroatoms. The van der Waals surface area contributed by atoms with Gasteiger partial charge >= 0.3 is 0 Å². The molecule has 0 aliphatic carbocycles. The molecule has 9 aromatic carbocycles. The van der Waals surface area contributed by atoms with E-state index in [2.05, 4.69) is 218 Å². The summed E-state index contributed by atoms with van der Waals surface area (Å²) in [5.41, 5.74) is 14.5. The van der Waals surface area contributed by atoms with Crippen molar-refractivity contribution in [2.24, 2.45) is 0 Å². The predicted molar refractivity (Wildman–Crippen MR) is 234 cm³/mol. The van der Waals surface area contributed by atoms with Crippen LogP contribution >= 0.6 is 0 Å². The maximum Gasteiger partial charge on any atom is 0.130 e. The summed E-state index contributed by atoms with van der Waals surface area (Å²) in [5.74, 6) is 0. The van der Waals surface area contributed by atoms with E-state index in [1.54, 1.807) is 0 Å². The Balaban J connectivity index is 1.12. The SMILES string of the molecule is Cc1ccc(C2=C(c3ccc(C)cc3)N(c3ccccc3)C(c3ccc(-c4c5ccccc5c(-c5ccc6ccccc6c5)c5ccccc45)cc3)N2)cc1. The number of hydrogen-bond acceptors (Lipinski definition) is 2. The van der Waals surface area contributed by atoms with E-state index in [4.69, 9.17) is 0 Å². The van der Waals surface area contributed by atoms with Crippen LogP contribution in [0.15, 0.2) is 194 Å². The zero-order valence-corrected chi connectivity index (χ0v) is 31.0. The molecule has 0 fully saturated rings. The molecule has 0 aromatic heterocycles. The van der Waals surface area contributed by atoms with E-state index < -0.39 is 0 Å². The summed E-state index contributed by atoms with van der Waals surface area (Å²) in [6.07, 6.45) is -0.118. The molecule has 262 valence electrons. The van der Waals surface area contributed by atoms with E-state index in [0.29, 0.717) is 0 Å². The lowest BCUT2D eigenvalue weighted by molar-refractivity contribution is 0.679. The number of fused-ring (bicyclic) bond motifs is 3. The summed E-state index contributed by atoms with van der Waals surface area (Å²) in [5, 5.41) is 11.6. The molecule has 0 saturated heterocycles. The molecular weight excluding hydrogens is 665 g/mol. The van der Waals surface area contributed by atoms with Gasteiger partial charge in [-0.2, -0.15) is 0 Å². The van der Waals surface area contributed by atoms with Crippen LogP contribution in [0, 0.1) is 13.8 Å². The second-order valence-electron chi connectivity index (χ2n) is 14.7. The van der Waals surface area contributed by atoms with Gasteiger partial charge in [0.1, 0.15) is 6.17 Å². The third-order valence-corrected chi connectivity index (χ3v) is 11.2. The van der Waals surface area contributed by atoms with Gasteiger partial charge in [-0.1, -0.05) is 187 Å². The molecular formula is C53H40N2. The van der Waals surface area contributed by atoms with Crippen LogP contribution in [0.4, 0.5) is 5.69 Å². The van der Waals surface area contributed by atoms with E-state index in [1.807, 2.05) is 0 Å². The number of para-hydroxylation sites is 1. The number of nitrogens with zero attached hydrogens (tertiary/aromatic N) is 1. The van der Waals surface area contributed by atoms with Crippen LogP contribution < -0.4 is 10.2 Å². The molecule has 10 rings (SSSR count). The minimum Gasteiger partial charge on any atom is -0.359 e. The lowest BCUT2D eigenvalue weighted by atomic mass is 9.85. The summed E-state index contributed by atoms with van der Waals surface area (Å²) < 4.78 is 0. The Morgan fingerprint density at radius 2 is 0.873 bits per heavy atom. The van der Waals surface area contributed by atoms with Gasteiger partial charge in [0.15, 0.2) is 0 Å². The Hall–Kier alpha value is -6.90. The maximum atomic E-state index is 4.02. The highest BCUT2D eigenvalue weighted by molar-refractivity contribution is 6.21. The highest BCUT2D eigenvalue weighted by Gasteiger charge is 2.35. The fraction of sp³-hybridized carbons (Fsp3) is 0.0566. The number of benzene rings is 9. The van der Waals surface area contributed by atoms with Crippen LogP contribution in [0.3, 0.4) is 0 Å². The van der Waals surface area contributed by atoms with E-state index in [9.17, 15) is 0 Å². The number of anilines is 1. The molecule has 0 radical (unpaired) electrons. The second kappa shape index (κ2) is 13.5. The van der Waals surface area contributed by atoms with Crippen molar-refractivity contribution in [3.63, 3.8) is 0 Å². The molecule has 1 atom stereocenters. The third-order valence-electron chi connectivity index (χ3n) is 11.2. The minimum absolute atomic E-state index is 0.118. The highest BCUT2D eigenvalue weighted by atomic mass is 15.3. The molecule has 55 heavy (non-hydrogen) atoms. The molecule has 1 aliphatic rings. The van der Waals surface area contributed by atoms with Gasteiger partial charge in [0.05, 0.1) is 11.4 Å². The average molecular weight is 705 g/mol. The quantitative estimate of drug-likeness (QED) is 0.173. The standard InChI is InChI=1S/C53H40N2/c1-35-20-24-39(25-21-35)51-52(40-26-22-36(2)23-27-40)55(44-14-4-3-5-15-44)53(54-51)41-31-29-38(30-32-41)49-45-16-8-10-18-47(45)50(48-19-11-9-17-46(48)49)43-33-28-37-12-6-7-13-42(37)34-43/h3-34,53-54H,1-2H3. The Bertz CT molecular complexity index is 2830. The smallest absolute Gasteiger partial charge is 0.130 e. The Morgan fingerprint density at radius 1 is 0.400 bits per heavy atom. The molecule has 1 aliphatic heterocycles. The number of rotatable bonds is 6. The van der Waals surface area contributed by atoms with Gasteiger partial charge in [-0.15, -0.1) is 0 Å². The Morgan fingerprint density at radius 3 is 1.47 bits per heavy atom. The van der Waals surface area contributed by atoms with Crippen LogP contribution in [0.25, 0.3) is 66.0 Å². The summed E-state index contributed by atoms with van der Waals surface area (Å²) in [4.78, 5) is 2.47.